The van der Waals surface area contributed by atoms with Crippen LogP contribution in [0.15, 0.2) is 29.9 Å². The van der Waals surface area contributed by atoms with Crippen molar-refractivity contribution in [2.45, 2.75) is 45.4 Å². The number of methoxy groups -OCH3 is 2. The topological polar surface area (TPSA) is 38.7 Å². The summed E-state index contributed by atoms with van der Waals surface area (Å²) < 4.78 is 26.1. The van der Waals surface area contributed by atoms with Crippen molar-refractivity contribution in [2.24, 2.45) is 5.92 Å². The van der Waals surface area contributed by atoms with Gasteiger partial charge in [-0.25, -0.2) is 4.39 Å². The molecule has 2 rings (SSSR count). The summed E-state index contributed by atoms with van der Waals surface area (Å²) in [4.78, 5) is 0. The zero-order valence-electron chi connectivity index (χ0n) is 15.7. The molecule has 0 saturated heterocycles. The molecular weight excluding hydrogens is 319 g/mol. The quantitative estimate of drug-likeness (QED) is 0.721. The molecule has 0 bridgehead atoms. The van der Waals surface area contributed by atoms with Crippen LogP contribution in [0.1, 0.15) is 50.2 Å². The van der Waals surface area contributed by atoms with Crippen molar-refractivity contribution in [1.29, 1.82) is 0 Å². The first-order valence-electron chi connectivity index (χ1n) is 8.87. The van der Waals surface area contributed by atoms with E-state index in [1.807, 2.05) is 19.9 Å². The van der Waals surface area contributed by atoms with E-state index in [9.17, 15) is 5.11 Å². The second-order valence-corrected chi connectivity index (χ2v) is 6.75. The predicted molar refractivity (Wildman–Crippen MR) is 98.9 cm³/mol. The van der Waals surface area contributed by atoms with Gasteiger partial charge in [0, 0.05) is 11.5 Å². The van der Waals surface area contributed by atoms with Crippen LogP contribution in [-0.4, -0.2) is 25.9 Å². The lowest BCUT2D eigenvalue weighted by molar-refractivity contribution is 0.312. The summed E-state index contributed by atoms with van der Waals surface area (Å²) in [7, 11) is 3.09. The molecule has 1 N–H and O–H groups in total. The third kappa shape index (κ3) is 3.90. The Bertz CT molecular complexity index is 664. The van der Waals surface area contributed by atoms with E-state index in [4.69, 9.17) is 9.47 Å². The van der Waals surface area contributed by atoms with E-state index in [2.05, 4.69) is 6.58 Å². The molecule has 0 amide bonds. The Hall–Kier alpha value is -1.81. The first-order chi connectivity index (χ1) is 12.0. The van der Waals surface area contributed by atoms with Crippen LogP contribution < -0.4 is 9.47 Å². The fourth-order valence-electron chi connectivity index (χ4n) is 3.75. The second-order valence-electron chi connectivity index (χ2n) is 6.75. The van der Waals surface area contributed by atoms with Crippen LogP contribution >= 0.6 is 0 Å². The van der Waals surface area contributed by atoms with Crippen LogP contribution in [0, 0.1) is 11.7 Å². The zero-order chi connectivity index (χ0) is 18.6. The van der Waals surface area contributed by atoms with Gasteiger partial charge in [0.25, 0.3) is 0 Å². The number of ether oxygens (including phenoxy) is 2. The largest absolute Gasteiger partial charge is 0.496 e. The van der Waals surface area contributed by atoms with Crippen molar-refractivity contribution in [1.82, 2.24) is 0 Å². The van der Waals surface area contributed by atoms with E-state index in [0.717, 1.165) is 30.4 Å². The molecule has 0 radical (unpaired) electrons. The van der Waals surface area contributed by atoms with Gasteiger partial charge in [0.15, 0.2) is 11.6 Å². The summed E-state index contributed by atoms with van der Waals surface area (Å²) in [5.74, 6) is 0.603. The van der Waals surface area contributed by atoms with Crippen molar-refractivity contribution in [3.8, 4) is 11.5 Å². The smallest absolute Gasteiger partial charge is 0.168 e. The molecular formula is C21H29FO3. The van der Waals surface area contributed by atoms with Crippen molar-refractivity contribution in [3.05, 3.63) is 46.8 Å². The van der Waals surface area contributed by atoms with Gasteiger partial charge in [-0.05, 0) is 49.3 Å². The summed E-state index contributed by atoms with van der Waals surface area (Å²) >= 11 is 0. The van der Waals surface area contributed by atoms with Crippen LogP contribution in [0.3, 0.4) is 0 Å². The number of aliphatic hydroxyl groups excluding tert-OH is 1. The molecule has 1 aromatic rings. The van der Waals surface area contributed by atoms with Crippen molar-refractivity contribution >= 4 is 0 Å². The van der Waals surface area contributed by atoms with Gasteiger partial charge in [0.1, 0.15) is 5.75 Å². The van der Waals surface area contributed by atoms with Crippen molar-refractivity contribution in [2.75, 3.05) is 20.8 Å². The highest BCUT2D eigenvalue weighted by molar-refractivity contribution is 5.54. The van der Waals surface area contributed by atoms with E-state index >= 15 is 4.39 Å². The molecule has 0 spiro atoms. The number of rotatable bonds is 7. The monoisotopic (exact) mass is 348 g/mol. The summed E-state index contributed by atoms with van der Waals surface area (Å²) in [6.45, 7) is 8.14. The summed E-state index contributed by atoms with van der Waals surface area (Å²) in [6, 6.07) is 1.78. The Balaban J connectivity index is 2.69. The minimum atomic E-state index is -0.315. The minimum Gasteiger partial charge on any atom is -0.496 e. The first kappa shape index (κ1) is 19.5. The fourth-order valence-corrected chi connectivity index (χ4v) is 3.75. The van der Waals surface area contributed by atoms with Crippen LogP contribution in [0.2, 0.25) is 0 Å². The highest BCUT2D eigenvalue weighted by Gasteiger charge is 2.33. The SMILES string of the molecule is C=C(C)[C@@H]1CCC(CO)=C[C@H]1c1c(OC)cc(CCC)c(F)c1OC. The van der Waals surface area contributed by atoms with Gasteiger partial charge < -0.3 is 14.6 Å². The third-order valence-electron chi connectivity index (χ3n) is 5.03. The Morgan fingerprint density at radius 1 is 1.36 bits per heavy atom. The molecule has 0 heterocycles. The fraction of sp³-hybridized carbons (Fsp3) is 0.524. The first-order valence-corrected chi connectivity index (χ1v) is 8.87. The molecule has 25 heavy (non-hydrogen) atoms. The number of aryl methyl sites for hydroxylation is 1. The Morgan fingerprint density at radius 2 is 2.08 bits per heavy atom. The molecule has 0 fully saturated rings. The maximum Gasteiger partial charge on any atom is 0.168 e. The van der Waals surface area contributed by atoms with Crippen molar-refractivity contribution in [3.63, 3.8) is 0 Å². The van der Waals surface area contributed by atoms with Crippen LogP contribution in [0.5, 0.6) is 11.5 Å². The number of benzene rings is 1. The molecule has 0 unspecified atom stereocenters. The lowest BCUT2D eigenvalue weighted by Crippen LogP contribution is -2.20. The van der Waals surface area contributed by atoms with Gasteiger partial charge in [-0.15, -0.1) is 0 Å². The average Bonchev–Trinajstić information content (AvgIpc) is 2.62. The number of allylic oxidation sites excluding steroid dienone is 2. The van der Waals surface area contributed by atoms with Crippen LogP contribution in [0.4, 0.5) is 4.39 Å². The highest BCUT2D eigenvalue weighted by atomic mass is 19.1. The molecule has 2 atom stereocenters. The molecule has 3 nitrogen and oxygen atoms in total. The highest BCUT2D eigenvalue weighted by Crippen LogP contribution is 2.48. The molecule has 0 aromatic heterocycles. The molecule has 138 valence electrons. The maximum atomic E-state index is 15.0. The van der Waals surface area contributed by atoms with Gasteiger partial charge in [-0.2, -0.15) is 0 Å². The van der Waals surface area contributed by atoms with Gasteiger partial charge >= 0.3 is 0 Å². The number of hydrogen-bond donors (Lipinski definition) is 1. The average molecular weight is 348 g/mol. The predicted octanol–water partition coefficient (Wildman–Crippen LogP) is 4.78. The van der Waals surface area contributed by atoms with Crippen molar-refractivity contribution < 1.29 is 19.0 Å². The van der Waals surface area contributed by atoms with E-state index in [-0.39, 0.29) is 30.0 Å². The summed E-state index contributed by atoms with van der Waals surface area (Å²) in [6.07, 6.45) is 5.20. The van der Waals surface area contributed by atoms with E-state index in [1.54, 1.807) is 13.2 Å². The zero-order valence-corrected chi connectivity index (χ0v) is 15.7. The number of hydrogen-bond acceptors (Lipinski definition) is 3. The minimum absolute atomic E-state index is 0.0143. The molecule has 4 heteroatoms. The molecule has 0 aliphatic heterocycles. The lowest BCUT2D eigenvalue weighted by Gasteiger charge is -2.33. The Kier molecular flexibility index (Phi) is 6.65. The summed E-state index contributed by atoms with van der Waals surface area (Å²) in [5, 5.41) is 9.57. The normalized spacial score (nSPS) is 20.2. The summed E-state index contributed by atoms with van der Waals surface area (Å²) in [5.41, 5.74) is 3.32. The molecule has 1 aliphatic carbocycles. The number of halogens is 1. The standard InChI is InChI=1S/C21H29FO3/c1-6-7-15-11-18(24-4)19(21(25-5)20(15)22)17-10-14(12-23)8-9-16(17)13(2)3/h10-11,16-17,23H,2,6-9,12H2,1,3-5H3/t16-,17+/m0/s1. The number of aliphatic hydroxyl groups is 1. The van der Waals surface area contributed by atoms with Crippen LogP contribution in [0.25, 0.3) is 0 Å². The van der Waals surface area contributed by atoms with Gasteiger partial charge in [0.2, 0.25) is 0 Å². The molecule has 1 aliphatic rings. The Labute approximate surface area is 150 Å². The van der Waals surface area contributed by atoms with Gasteiger partial charge in [-0.1, -0.05) is 31.6 Å². The third-order valence-corrected chi connectivity index (χ3v) is 5.03. The van der Waals surface area contributed by atoms with E-state index in [1.165, 1.54) is 7.11 Å². The lowest BCUT2D eigenvalue weighted by atomic mass is 9.73. The van der Waals surface area contributed by atoms with Crippen LogP contribution in [-0.2, 0) is 6.42 Å². The Morgan fingerprint density at radius 3 is 2.60 bits per heavy atom. The van der Waals surface area contributed by atoms with E-state index < -0.39 is 0 Å². The molecule has 1 aromatic carbocycles. The van der Waals surface area contributed by atoms with Gasteiger partial charge in [-0.3, -0.25) is 0 Å². The second kappa shape index (κ2) is 8.52. The maximum absolute atomic E-state index is 15.0. The van der Waals surface area contributed by atoms with Gasteiger partial charge in [0.05, 0.1) is 20.8 Å². The van der Waals surface area contributed by atoms with E-state index in [0.29, 0.717) is 23.3 Å². The molecule has 0 saturated carbocycles.